The van der Waals surface area contributed by atoms with Crippen LogP contribution in [0.25, 0.3) is 0 Å². The number of piperidine rings is 1. The average molecular weight is 446 g/mol. The minimum atomic E-state index is -0.854. The first kappa shape index (κ1) is 22.4. The third kappa shape index (κ3) is 4.29. The molecule has 2 aliphatic heterocycles. The summed E-state index contributed by atoms with van der Waals surface area (Å²) in [6, 6.07) is 10.5. The van der Waals surface area contributed by atoms with Gasteiger partial charge < -0.3 is 19.7 Å². The van der Waals surface area contributed by atoms with Crippen molar-refractivity contribution < 1.29 is 19.7 Å². The number of fused-ring (bicyclic) bond motifs is 2. The Morgan fingerprint density at radius 2 is 1.77 bits per heavy atom. The maximum Gasteiger partial charge on any atom is 0.137 e. The van der Waals surface area contributed by atoms with E-state index in [2.05, 4.69) is 24.8 Å². The van der Waals surface area contributed by atoms with Gasteiger partial charge in [0.2, 0.25) is 0 Å². The van der Waals surface area contributed by atoms with Crippen molar-refractivity contribution in [2.75, 3.05) is 20.3 Å². The summed E-state index contributed by atoms with van der Waals surface area (Å²) in [6.07, 6.45) is 3.63. The molecular weight excluding hydrogens is 414 g/mol. The van der Waals surface area contributed by atoms with Crippen LogP contribution in [0.4, 0.5) is 0 Å². The van der Waals surface area contributed by atoms with Crippen molar-refractivity contribution in [3.05, 3.63) is 57.6 Å². The van der Waals surface area contributed by atoms with Crippen molar-refractivity contribution >= 4 is 11.6 Å². The Labute approximate surface area is 189 Å². The van der Waals surface area contributed by atoms with Crippen LogP contribution in [0.3, 0.4) is 0 Å². The summed E-state index contributed by atoms with van der Waals surface area (Å²) in [7, 11) is 1.60. The fraction of sp³-hybridized carbons (Fsp3) is 0.520. The molecule has 0 radical (unpaired) electrons. The molecule has 0 spiro atoms. The van der Waals surface area contributed by atoms with Crippen LogP contribution >= 0.6 is 11.6 Å². The van der Waals surface area contributed by atoms with Gasteiger partial charge in [-0.1, -0.05) is 23.7 Å². The zero-order valence-electron chi connectivity index (χ0n) is 18.5. The molecule has 4 rings (SSSR count). The highest BCUT2D eigenvalue weighted by Crippen LogP contribution is 2.47. The first-order valence-electron chi connectivity index (χ1n) is 11.0. The van der Waals surface area contributed by atoms with Crippen LogP contribution in [0.5, 0.6) is 11.5 Å². The fourth-order valence-electron chi connectivity index (χ4n) is 5.29. The third-order valence-corrected chi connectivity index (χ3v) is 7.47. The molecule has 6 heteroatoms. The van der Waals surface area contributed by atoms with E-state index in [1.165, 1.54) is 11.1 Å². The number of hydrogen-bond acceptors (Lipinski definition) is 5. The molecule has 2 aromatic carbocycles. The van der Waals surface area contributed by atoms with E-state index >= 15 is 0 Å². The number of aliphatic hydroxyl groups excluding tert-OH is 1. The zero-order chi connectivity index (χ0) is 22.2. The largest absolute Gasteiger partial charge is 0.495 e. The molecule has 5 nitrogen and oxygen atoms in total. The minimum absolute atomic E-state index is 0.0137. The number of aliphatic hydroxyl groups is 2. The van der Waals surface area contributed by atoms with Crippen molar-refractivity contribution in [1.82, 2.24) is 4.90 Å². The molecule has 0 aliphatic carbocycles. The fourth-order valence-corrected chi connectivity index (χ4v) is 5.49. The number of hydrogen-bond donors (Lipinski definition) is 2. The van der Waals surface area contributed by atoms with Gasteiger partial charge in [0.05, 0.1) is 24.3 Å². The Kier molecular flexibility index (Phi) is 6.50. The average Bonchev–Trinajstić information content (AvgIpc) is 3.00. The van der Waals surface area contributed by atoms with Gasteiger partial charge in [-0.25, -0.2) is 0 Å². The second kappa shape index (κ2) is 8.99. The van der Waals surface area contributed by atoms with Gasteiger partial charge in [0.1, 0.15) is 18.1 Å². The lowest BCUT2D eigenvalue weighted by atomic mass is 9.80. The molecule has 2 N–H and O–H groups in total. The van der Waals surface area contributed by atoms with Crippen molar-refractivity contribution in [2.45, 2.75) is 63.8 Å². The first-order chi connectivity index (χ1) is 14.9. The molecule has 2 fully saturated rings. The monoisotopic (exact) mass is 445 g/mol. The lowest BCUT2D eigenvalue weighted by molar-refractivity contribution is -0.0596. The van der Waals surface area contributed by atoms with Gasteiger partial charge in [0.25, 0.3) is 0 Å². The highest BCUT2D eigenvalue weighted by atomic mass is 35.5. The number of ether oxygens (including phenoxy) is 2. The lowest BCUT2D eigenvalue weighted by Gasteiger charge is -2.44. The smallest absolute Gasteiger partial charge is 0.137 e. The SMILES string of the molecule is COc1cc(C2(O)CC3CCC(C2)N3Cc2ccc(OCCO)c(C)c2C)ccc1Cl. The van der Waals surface area contributed by atoms with Crippen LogP contribution in [-0.2, 0) is 12.1 Å². The van der Waals surface area contributed by atoms with Gasteiger partial charge in [-0.3, -0.25) is 4.90 Å². The Bertz CT molecular complexity index is 933. The number of methoxy groups -OCH3 is 1. The van der Waals surface area contributed by atoms with Crippen LogP contribution in [0, 0.1) is 13.8 Å². The summed E-state index contributed by atoms with van der Waals surface area (Å²) in [5.41, 5.74) is 3.69. The quantitative estimate of drug-likeness (QED) is 0.663. The number of rotatable bonds is 7. The van der Waals surface area contributed by atoms with E-state index < -0.39 is 5.60 Å². The van der Waals surface area contributed by atoms with Crippen molar-refractivity contribution in [3.8, 4) is 11.5 Å². The normalized spacial score (nSPS) is 25.6. The van der Waals surface area contributed by atoms with Crippen LogP contribution in [0.15, 0.2) is 30.3 Å². The van der Waals surface area contributed by atoms with E-state index in [9.17, 15) is 5.11 Å². The van der Waals surface area contributed by atoms with Crippen LogP contribution in [0.1, 0.15) is 47.9 Å². The van der Waals surface area contributed by atoms with Gasteiger partial charge in [0.15, 0.2) is 0 Å². The van der Waals surface area contributed by atoms with Gasteiger partial charge >= 0.3 is 0 Å². The summed E-state index contributed by atoms with van der Waals surface area (Å²) in [6.45, 7) is 5.41. The Morgan fingerprint density at radius 3 is 2.42 bits per heavy atom. The second-order valence-corrected chi connectivity index (χ2v) is 9.30. The third-order valence-electron chi connectivity index (χ3n) is 7.16. The molecule has 168 valence electrons. The van der Waals surface area contributed by atoms with E-state index in [0.717, 1.165) is 36.3 Å². The van der Waals surface area contributed by atoms with Gasteiger partial charge in [0, 0.05) is 18.6 Å². The minimum Gasteiger partial charge on any atom is -0.495 e. The van der Waals surface area contributed by atoms with Crippen LogP contribution < -0.4 is 9.47 Å². The van der Waals surface area contributed by atoms with Gasteiger partial charge in [-0.2, -0.15) is 0 Å². The molecule has 2 unspecified atom stereocenters. The molecule has 2 heterocycles. The number of nitrogens with zero attached hydrogens (tertiary/aromatic N) is 1. The molecule has 2 saturated heterocycles. The molecule has 31 heavy (non-hydrogen) atoms. The van der Waals surface area contributed by atoms with E-state index in [0.29, 0.717) is 42.3 Å². The van der Waals surface area contributed by atoms with Gasteiger partial charge in [-0.15, -0.1) is 0 Å². The lowest BCUT2D eigenvalue weighted by Crippen LogP contribution is -2.49. The molecule has 0 aromatic heterocycles. The first-order valence-corrected chi connectivity index (χ1v) is 11.4. The Balaban J connectivity index is 1.52. The topological polar surface area (TPSA) is 62.2 Å². The summed E-state index contributed by atoms with van der Waals surface area (Å²) in [4.78, 5) is 2.57. The molecule has 0 saturated carbocycles. The number of benzene rings is 2. The second-order valence-electron chi connectivity index (χ2n) is 8.89. The highest BCUT2D eigenvalue weighted by molar-refractivity contribution is 6.32. The van der Waals surface area contributed by atoms with E-state index in [1.807, 2.05) is 24.3 Å². The standard InChI is InChI=1S/C25H32ClNO4/c1-16-17(2)23(31-11-10-28)9-4-18(16)15-27-20-6-7-21(27)14-25(29,13-20)19-5-8-22(26)24(12-19)30-3/h4-5,8-9,12,20-21,28-29H,6-7,10-11,13-15H2,1-3H3. The zero-order valence-corrected chi connectivity index (χ0v) is 19.3. The van der Waals surface area contributed by atoms with E-state index in [-0.39, 0.29) is 6.61 Å². The molecular formula is C25H32ClNO4. The molecule has 2 atom stereocenters. The molecule has 2 aliphatic rings. The van der Waals surface area contributed by atoms with Crippen LogP contribution in [0.2, 0.25) is 5.02 Å². The molecule has 0 amide bonds. The van der Waals surface area contributed by atoms with E-state index in [1.54, 1.807) is 7.11 Å². The highest BCUT2D eigenvalue weighted by Gasteiger charge is 2.48. The molecule has 2 aromatic rings. The van der Waals surface area contributed by atoms with E-state index in [4.69, 9.17) is 26.2 Å². The van der Waals surface area contributed by atoms with Crippen molar-refractivity contribution in [3.63, 3.8) is 0 Å². The maximum absolute atomic E-state index is 11.6. The van der Waals surface area contributed by atoms with Gasteiger partial charge in [-0.05, 0) is 80.0 Å². The maximum atomic E-state index is 11.6. The Morgan fingerprint density at radius 1 is 1.06 bits per heavy atom. The van der Waals surface area contributed by atoms with Crippen molar-refractivity contribution in [2.24, 2.45) is 0 Å². The molecule has 2 bridgehead atoms. The van der Waals surface area contributed by atoms with Crippen LogP contribution in [-0.4, -0.2) is 47.5 Å². The predicted molar refractivity (Wildman–Crippen MR) is 122 cm³/mol. The summed E-state index contributed by atoms with van der Waals surface area (Å²) in [5, 5.41) is 21.2. The summed E-state index contributed by atoms with van der Waals surface area (Å²) < 4.78 is 11.0. The number of halogens is 1. The van der Waals surface area contributed by atoms with Crippen molar-refractivity contribution in [1.29, 1.82) is 0 Å². The summed E-state index contributed by atoms with van der Waals surface area (Å²) in [5.74, 6) is 1.44. The predicted octanol–water partition coefficient (Wildman–Crippen LogP) is 4.35. The Hall–Kier alpha value is -1.79. The summed E-state index contributed by atoms with van der Waals surface area (Å²) >= 11 is 6.19.